The van der Waals surface area contributed by atoms with Crippen LogP contribution in [0.3, 0.4) is 0 Å². The fourth-order valence-corrected chi connectivity index (χ4v) is 0.977. The summed E-state index contributed by atoms with van der Waals surface area (Å²) in [5.41, 5.74) is 10.4. The van der Waals surface area contributed by atoms with E-state index in [4.69, 9.17) is 23.2 Å². The van der Waals surface area contributed by atoms with Gasteiger partial charge in [-0.1, -0.05) is 6.07 Å². The van der Waals surface area contributed by atoms with Crippen molar-refractivity contribution >= 4 is 23.4 Å². The van der Waals surface area contributed by atoms with Crippen molar-refractivity contribution in [3.63, 3.8) is 0 Å². The van der Waals surface area contributed by atoms with Crippen molar-refractivity contribution < 1.29 is 9.59 Å². The molecule has 0 aliphatic rings. The normalized spacial score (nSPS) is 9.62. The Kier molecular flexibility index (Phi) is 3.28. The van der Waals surface area contributed by atoms with Crippen LogP contribution in [0.5, 0.6) is 0 Å². The molecule has 1 rings (SSSR count). The highest BCUT2D eigenvalue weighted by Gasteiger charge is 2.12. The SMILES string of the molecule is NC(=O)N(N)c1[c]ccc(N(N)C(N)=O)c1. The Morgan fingerprint density at radius 2 is 1.69 bits per heavy atom. The zero-order valence-electron chi connectivity index (χ0n) is 8.25. The van der Waals surface area contributed by atoms with Crippen LogP contribution in [0.1, 0.15) is 0 Å². The smallest absolute Gasteiger partial charge is 0.333 e. The van der Waals surface area contributed by atoms with Gasteiger partial charge in [0, 0.05) is 6.07 Å². The summed E-state index contributed by atoms with van der Waals surface area (Å²) in [5.74, 6) is 10.7. The van der Waals surface area contributed by atoms with Gasteiger partial charge in [0.2, 0.25) is 0 Å². The van der Waals surface area contributed by atoms with Crippen molar-refractivity contribution in [3.8, 4) is 0 Å². The Morgan fingerprint density at radius 1 is 1.12 bits per heavy atom. The molecule has 0 aromatic heterocycles. The summed E-state index contributed by atoms with van der Waals surface area (Å²) in [4.78, 5) is 21.6. The molecule has 0 unspecified atom stereocenters. The molecule has 0 bridgehead atoms. The number of rotatable bonds is 2. The van der Waals surface area contributed by atoms with Gasteiger partial charge in [0.25, 0.3) is 0 Å². The molecule has 85 valence electrons. The Balaban J connectivity index is 3.04. The Hall–Kier alpha value is -2.32. The molecule has 0 aliphatic heterocycles. The Bertz CT molecular complexity index is 385. The second-order valence-electron chi connectivity index (χ2n) is 2.85. The minimum atomic E-state index is -0.865. The molecule has 0 atom stereocenters. The molecular weight excluding hydrogens is 212 g/mol. The van der Waals surface area contributed by atoms with E-state index in [1.807, 2.05) is 0 Å². The van der Waals surface area contributed by atoms with Gasteiger partial charge in [-0.2, -0.15) is 0 Å². The van der Waals surface area contributed by atoms with Gasteiger partial charge >= 0.3 is 12.1 Å². The van der Waals surface area contributed by atoms with Crippen LogP contribution in [-0.2, 0) is 0 Å². The number of primary amides is 2. The summed E-state index contributed by atoms with van der Waals surface area (Å²) in [6.45, 7) is 0. The van der Waals surface area contributed by atoms with E-state index in [0.717, 1.165) is 0 Å². The minimum Gasteiger partial charge on any atom is -0.350 e. The number of carbonyl (C=O) groups excluding carboxylic acids is 2. The molecule has 0 heterocycles. The number of nitrogens with two attached hydrogens (primary N) is 4. The molecule has 1 aromatic rings. The van der Waals surface area contributed by atoms with E-state index in [9.17, 15) is 9.59 Å². The molecule has 1 aromatic carbocycles. The molecule has 0 spiro atoms. The van der Waals surface area contributed by atoms with Crippen LogP contribution >= 0.6 is 0 Å². The van der Waals surface area contributed by atoms with E-state index in [0.29, 0.717) is 10.0 Å². The molecule has 0 fully saturated rings. The van der Waals surface area contributed by atoms with Crippen LogP contribution in [0.2, 0.25) is 0 Å². The molecule has 4 amide bonds. The van der Waals surface area contributed by atoms with Crippen LogP contribution in [-0.4, -0.2) is 12.1 Å². The lowest BCUT2D eigenvalue weighted by atomic mass is 10.2. The lowest BCUT2D eigenvalue weighted by Gasteiger charge is -2.17. The van der Waals surface area contributed by atoms with Crippen LogP contribution in [0.15, 0.2) is 18.2 Å². The fourth-order valence-electron chi connectivity index (χ4n) is 0.977. The van der Waals surface area contributed by atoms with E-state index in [1.165, 1.54) is 18.2 Å². The first-order valence-electron chi connectivity index (χ1n) is 4.13. The highest BCUT2D eigenvalue weighted by Crippen LogP contribution is 2.18. The number of hydrogen-bond donors (Lipinski definition) is 4. The molecular formula is C8H11N6O2. The van der Waals surface area contributed by atoms with E-state index in [1.54, 1.807) is 0 Å². The monoisotopic (exact) mass is 223 g/mol. The van der Waals surface area contributed by atoms with Crippen molar-refractivity contribution in [2.45, 2.75) is 0 Å². The summed E-state index contributed by atoms with van der Waals surface area (Å²) in [5, 5.41) is 1.37. The molecule has 8 N–H and O–H groups in total. The lowest BCUT2D eigenvalue weighted by Crippen LogP contribution is -2.43. The summed E-state index contributed by atoms with van der Waals surface area (Å²) >= 11 is 0. The van der Waals surface area contributed by atoms with Gasteiger partial charge in [-0.15, -0.1) is 0 Å². The van der Waals surface area contributed by atoms with Gasteiger partial charge in [-0.05, 0) is 12.1 Å². The summed E-state index contributed by atoms with van der Waals surface area (Å²) in [6, 6.07) is 5.18. The van der Waals surface area contributed by atoms with Crippen LogP contribution in [0.4, 0.5) is 21.0 Å². The Morgan fingerprint density at radius 3 is 2.19 bits per heavy atom. The highest BCUT2D eigenvalue weighted by molar-refractivity contribution is 5.92. The van der Waals surface area contributed by atoms with E-state index in [-0.39, 0.29) is 11.4 Å². The first-order chi connectivity index (χ1) is 7.43. The average molecular weight is 223 g/mol. The minimum absolute atomic E-state index is 0.168. The number of benzene rings is 1. The average Bonchev–Trinajstić information content (AvgIpc) is 2.26. The molecule has 8 nitrogen and oxygen atoms in total. The third kappa shape index (κ3) is 2.38. The van der Waals surface area contributed by atoms with E-state index >= 15 is 0 Å². The molecule has 16 heavy (non-hydrogen) atoms. The number of amides is 4. The molecule has 1 radical (unpaired) electrons. The van der Waals surface area contributed by atoms with Gasteiger partial charge in [0.05, 0.1) is 11.4 Å². The van der Waals surface area contributed by atoms with Gasteiger partial charge in [-0.3, -0.25) is 0 Å². The maximum atomic E-state index is 10.8. The quantitative estimate of drug-likeness (QED) is 0.289. The van der Waals surface area contributed by atoms with Gasteiger partial charge in [0.1, 0.15) is 0 Å². The Labute approximate surface area is 91.3 Å². The predicted octanol–water partition coefficient (Wildman–Crippen LogP) is -0.996. The number of carbonyl (C=O) groups is 2. The molecule has 0 saturated heterocycles. The third-order valence-corrected chi connectivity index (χ3v) is 1.78. The summed E-state index contributed by atoms with van der Waals surface area (Å²) in [7, 11) is 0. The van der Waals surface area contributed by atoms with Crippen LogP contribution in [0, 0.1) is 6.07 Å². The maximum absolute atomic E-state index is 10.8. The largest absolute Gasteiger partial charge is 0.350 e. The maximum Gasteiger partial charge on any atom is 0.333 e. The zero-order chi connectivity index (χ0) is 12.3. The molecule has 0 aliphatic carbocycles. The topological polar surface area (TPSA) is 145 Å². The van der Waals surface area contributed by atoms with Gasteiger partial charge < -0.3 is 11.5 Å². The predicted molar refractivity (Wildman–Crippen MR) is 57.8 cm³/mol. The molecule has 0 saturated carbocycles. The second-order valence-corrected chi connectivity index (χ2v) is 2.85. The molecule has 8 heteroatoms. The van der Waals surface area contributed by atoms with Crippen LogP contribution < -0.4 is 33.2 Å². The number of urea groups is 2. The van der Waals surface area contributed by atoms with Gasteiger partial charge in [-0.25, -0.2) is 31.3 Å². The zero-order valence-corrected chi connectivity index (χ0v) is 8.25. The second kappa shape index (κ2) is 4.47. The van der Waals surface area contributed by atoms with Crippen molar-refractivity contribution in [1.82, 2.24) is 0 Å². The third-order valence-electron chi connectivity index (χ3n) is 1.78. The lowest BCUT2D eigenvalue weighted by molar-refractivity contribution is 0.253. The van der Waals surface area contributed by atoms with E-state index in [2.05, 4.69) is 6.07 Å². The van der Waals surface area contributed by atoms with Crippen molar-refractivity contribution in [2.24, 2.45) is 23.2 Å². The summed E-state index contributed by atoms with van der Waals surface area (Å²) in [6.07, 6.45) is 0. The van der Waals surface area contributed by atoms with Crippen molar-refractivity contribution in [1.29, 1.82) is 0 Å². The van der Waals surface area contributed by atoms with Crippen molar-refractivity contribution in [2.75, 3.05) is 10.0 Å². The number of hydrazine groups is 2. The standard InChI is InChI=1S/C8H11N6O2/c9-7(15)13(11)5-2-1-3-6(4-5)14(12)8(10)16/h1-2,4H,11-12H2,(H2,9,15)(H2,10,16). The first-order valence-corrected chi connectivity index (χ1v) is 4.13. The fraction of sp³-hybridized carbons (Fsp3) is 0. The van der Waals surface area contributed by atoms with E-state index < -0.39 is 12.1 Å². The van der Waals surface area contributed by atoms with Crippen molar-refractivity contribution in [3.05, 3.63) is 24.3 Å². The number of anilines is 2. The van der Waals surface area contributed by atoms with Crippen LogP contribution in [0.25, 0.3) is 0 Å². The highest BCUT2D eigenvalue weighted by atomic mass is 16.2. The first kappa shape index (κ1) is 11.8. The number of nitrogens with zero attached hydrogens (tertiary/aromatic N) is 2. The summed E-state index contributed by atoms with van der Waals surface area (Å²) < 4.78 is 0. The van der Waals surface area contributed by atoms with Gasteiger partial charge in [0.15, 0.2) is 0 Å². The number of hydrogen-bond acceptors (Lipinski definition) is 4.